The predicted octanol–water partition coefficient (Wildman–Crippen LogP) is 2.35. The van der Waals surface area contributed by atoms with Crippen molar-refractivity contribution in [2.75, 3.05) is 36.7 Å². The molecule has 0 bridgehead atoms. The fourth-order valence-electron chi connectivity index (χ4n) is 1.96. The number of carbonyl (C=O) groups is 1. The molecule has 0 saturated carbocycles. The van der Waals surface area contributed by atoms with Crippen LogP contribution in [0.2, 0.25) is 0 Å². The van der Waals surface area contributed by atoms with Gasteiger partial charge in [0.25, 0.3) is 0 Å². The number of rotatable bonds is 5. The van der Waals surface area contributed by atoms with Crippen LogP contribution in [0.1, 0.15) is 0 Å². The van der Waals surface area contributed by atoms with Gasteiger partial charge in [0.2, 0.25) is 5.91 Å². The molecule has 0 radical (unpaired) electrons. The molecule has 5 nitrogen and oxygen atoms in total. The molecule has 0 aliphatic carbocycles. The average Bonchev–Trinajstić information content (AvgIpc) is 2.49. The Bertz CT molecular complexity index is 628. The number of hydrogen-bond donors (Lipinski definition) is 2. The molecule has 21 heavy (non-hydrogen) atoms. The van der Waals surface area contributed by atoms with Gasteiger partial charge in [0.15, 0.2) is 0 Å². The van der Waals surface area contributed by atoms with Crippen LogP contribution in [0.4, 0.5) is 17.1 Å². The zero-order chi connectivity index (χ0) is 15.2. The predicted molar refractivity (Wildman–Crippen MR) is 85.7 cm³/mol. The minimum absolute atomic E-state index is 0.127. The SMILES string of the molecule is COc1cccc(N(C)CC(=O)Nc2ccccc2N)c1. The summed E-state index contributed by atoms with van der Waals surface area (Å²) in [6, 6.07) is 14.7. The van der Waals surface area contributed by atoms with E-state index in [1.807, 2.05) is 48.3 Å². The van der Waals surface area contributed by atoms with Crippen molar-refractivity contribution in [1.29, 1.82) is 0 Å². The van der Waals surface area contributed by atoms with E-state index >= 15 is 0 Å². The van der Waals surface area contributed by atoms with E-state index in [2.05, 4.69) is 5.32 Å². The second-order valence-corrected chi connectivity index (χ2v) is 4.69. The van der Waals surface area contributed by atoms with E-state index < -0.39 is 0 Å². The molecule has 2 aromatic rings. The Morgan fingerprint density at radius 3 is 2.71 bits per heavy atom. The van der Waals surface area contributed by atoms with Gasteiger partial charge < -0.3 is 20.7 Å². The molecule has 0 aromatic heterocycles. The number of nitrogens with zero attached hydrogens (tertiary/aromatic N) is 1. The van der Waals surface area contributed by atoms with Gasteiger partial charge in [-0.05, 0) is 24.3 Å². The van der Waals surface area contributed by atoms with Crippen molar-refractivity contribution in [2.24, 2.45) is 0 Å². The summed E-state index contributed by atoms with van der Waals surface area (Å²) in [6.45, 7) is 0.224. The number of para-hydroxylation sites is 2. The van der Waals surface area contributed by atoms with Crippen LogP contribution in [-0.4, -0.2) is 26.6 Å². The highest BCUT2D eigenvalue weighted by molar-refractivity contribution is 5.96. The summed E-state index contributed by atoms with van der Waals surface area (Å²) in [7, 11) is 3.46. The fourth-order valence-corrected chi connectivity index (χ4v) is 1.96. The van der Waals surface area contributed by atoms with Gasteiger partial charge >= 0.3 is 0 Å². The van der Waals surface area contributed by atoms with E-state index in [4.69, 9.17) is 10.5 Å². The maximum absolute atomic E-state index is 12.1. The summed E-state index contributed by atoms with van der Waals surface area (Å²) in [4.78, 5) is 13.9. The van der Waals surface area contributed by atoms with Crippen molar-refractivity contribution in [3.63, 3.8) is 0 Å². The number of hydrogen-bond acceptors (Lipinski definition) is 4. The molecule has 0 fully saturated rings. The number of nitrogens with two attached hydrogens (primary N) is 1. The van der Waals surface area contributed by atoms with Crippen molar-refractivity contribution >= 4 is 23.0 Å². The lowest BCUT2D eigenvalue weighted by molar-refractivity contribution is -0.114. The molecule has 0 spiro atoms. The molecule has 2 aromatic carbocycles. The highest BCUT2D eigenvalue weighted by atomic mass is 16.5. The number of anilines is 3. The molecule has 1 amide bonds. The monoisotopic (exact) mass is 285 g/mol. The molecule has 3 N–H and O–H groups in total. The third-order valence-corrected chi connectivity index (χ3v) is 3.11. The molecule has 0 heterocycles. The zero-order valence-corrected chi connectivity index (χ0v) is 12.2. The topological polar surface area (TPSA) is 67.6 Å². The number of methoxy groups -OCH3 is 1. The second-order valence-electron chi connectivity index (χ2n) is 4.69. The van der Waals surface area contributed by atoms with E-state index in [0.29, 0.717) is 11.4 Å². The van der Waals surface area contributed by atoms with Crippen LogP contribution in [0.15, 0.2) is 48.5 Å². The maximum atomic E-state index is 12.1. The quantitative estimate of drug-likeness (QED) is 0.828. The molecule has 0 saturated heterocycles. The van der Waals surface area contributed by atoms with Gasteiger partial charge in [0.05, 0.1) is 25.0 Å². The number of amides is 1. The van der Waals surface area contributed by atoms with Gasteiger partial charge in [0, 0.05) is 18.8 Å². The minimum atomic E-state index is -0.127. The van der Waals surface area contributed by atoms with E-state index in [1.165, 1.54) is 0 Å². The third kappa shape index (κ3) is 3.89. The summed E-state index contributed by atoms with van der Waals surface area (Å²) >= 11 is 0. The Kier molecular flexibility index (Phi) is 4.66. The van der Waals surface area contributed by atoms with Crippen molar-refractivity contribution in [1.82, 2.24) is 0 Å². The van der Waals surface area contributed by atoms with Gasteiger partial charge in [-0.2, -0.15) is 0 Å². The van der Waals surface area contributed by atoms with Crippen molar-refractivity contribution in [3.8, 4) is 5.75 Å². The van der Waals surface area contributed by atoms with Crippen LogP contribution < -0.4 is 20.7 Å². The second kappa shape index (κ2) is 6.65. The number of nitrogen functional groups attached to an aromatic ring is 1. The first kappa shape index (κ1) is 14.7. The molecular weight excluding hydrogens is 266 g/mol. The maximum Gasteiger partial charge on any atom is 0.243 e. The number of nitrogens with one attached hydrogen (secondary N) is 1. The van der Waals surface area contributed by atoms with Crippen LogP contribution in [0.25, 0.3) is 0 Å². The highest BCUT2D eigenvalue weighted by Gasteiger charge is 2.09. The Labute approximate surface area is 124 Å². The van der Waals surface area contributed by atoms with Gasteiger partial charge in [-0.15, -0.1) is 0 Å². The third-order valence-electron chi connectivity index (χ3n) is 3.11. The highest BCUT2D eigenvalue weighted by Crippen LogP contribution is 2.20. The lowest BCUT2D eigenvalue weighted by atomic mass is 10.2. The number of ether oxygens (including phenoxy) is 1. The Morgan fingerprint density at radius 2 is 2.00 bits per heavy atom. The van der Waals surface area contributed by atoms with Gasteiger partial charge in [-0.1, -0.05) is 18.2 Å². The summed E-state index contributed by atoms with van der Waals surface area (Å²) in [5, 5.41) is 2.80. The summed E-state index contributed by atoms with van der Waals surface area (Å²) in [5.41, 5.74) is 7.89. The van der Waals surface area contributed by atoms with Crippen LogP contribution in [0.3, 0.4) is 0 Å². The number of likely N-dealkylation sites (N-methyl/N-ethyl adjacent to an activating group) is 1. The first-order valence-electron chi connectivity index (χ1n) is 6.59. The Morgan fingerprint density at radius 1 is 1.24 bits per heavy atom. The van der Waals surface area contributed by atoms with Crippen molar-refractivity contribution in [3.05, 3.63) is 48.5 Å². The average molecular weight is 285 g/mol. The van der Waals surface area contributed by atoms with Gasteiger partial charge in [-0.3, -0.25) is 4.79 Å². The first-order valence-corrected chi connectivity index (χ1v) is 6.59. The molecule has 110 valence electrons. The number of benzene rings is 2. The van der Waals surface area contributed by atoms with E-state index in [-0.39, 0.29) is 12.5 Å². The van der Waals surface area contributed by atoms with Crippen LogP contribution in [-0.2, 0) is 4.79 Å². The summed E-state index contributed by atoms with van der Waals surface area (Å²) in [5.74, 6) is 0.630. The molecular formula is C16H19N3O2. The molecule has 2 rings (SSSR count). The minimum Gasteiger partial charge on any atom is -0.497 e. The summed E-state index contributed by atoms with van der Waals surface area (Å²) in [6.07, 6.45) is 0. The van der Waals surface area contributed by atoms with Crippen molar-refractivity contribution < 1.29 is 9.53 Å². The van der Waals surface area contributed by atoms with Crippen LogP contribution >= 0.6 is 0 Å². The van der Waals surface area contributed by atoms with E-state index in [0.717, 1.165) is 11.4 Å². The van der Waals surface area contributed by atoms with E-state index in [9.17, 15) is 4.79 Å². The van der Waals surface area contributed by atoms with Crippen molar-refractivity contribution in [2.45, 2.75) is 0 Å². The Balaban J connectivity index is 2.00. The molecule has 0 atom stereocenters. The molecule has 0 aliphatic rings. The zero-order valence-electron chi connectivity index (χ0n) is 12.2. The molecule has 0 unspecified atom stereocenters. The number of carbonyl (C=O) groups excluding carboxylic acids is 1. The lowest BCUT2D eigenvalue weighted by Crippen LogP contribution is -2.30. The standard InChI is InChI=1S/C16H19N3O2/c1-19(12-6-5-7-13(10-12)21-2)11-16(20)18-15-9-4-3-8-14(15)17/h3-10H,11,17H2,1-2H3,(H,18,20). The van der Waals surface area contributed by atoms with Gasteiger partial charge in [-0.25, -0.2) is 0 Å². The fraction of sp³-hybridized carbons (Fsp3) is 0.188. The summed E-state index contributed by atoms with van der Waals surface area (Å²) < 4.78 is 5.18. The molecule has 0 aliphatic heterocycles. The van der Waals surface area contributed by atoms with Crippen LogP contribution in [0.5, 0.6) is 5.75 Å². The smallest absolute Gasteiger partial charge is 0.243 e. The van der Waals surface area contributed by atoms with Gasteiger partial charge in [0.1, 0.15) is 5.75 Å². The first-order chi connectivity index (χ1) is 10.1. The Hall–Kier alpha value is -2.69. The van der Waals surface area contributed by atoms with Crippen LogP contribution in [0, 0.1) is 0 Å². The lowest BCUT2D eigenvalue weighted by Gasteiger charge is -2.19. The largest absolute Gasteiger partial charge is 0.497 e. The van der Waals surface area contributed by atoms with E-state index in [1.54, 1.807) is 19.2 Å². The normalized spacial score (nSPS) is 10.0. The molecule has 5 heteroatoms.